The number of fused-ring (bicyclic) bond motifs is 1. The van der Waals surface area contributed by atoms with Crippen LogP contribution < -0.4 is 20.1 Å². The third kappa shape index (κ3) is 7.03. The lowest BCUT2D eigenvalue weighted by molar-refractivity contribution is 0.182. The fraction of sp³-hybridized carbons (Fsp3) is 0.650. The van der Waals surface area contributed by atoms with Gasteiger partial charge in [0.1, 0.15) is 0 Å². The first kappa shape index (κ1) is 22.1. The van der Waals surface area contributed by atoms with Crippen LogP contribution in [0.25, 0.3) is 0 Å². The van der Waals surface area contributed by atoms with Gasteiger partial charge in [0.2, 0.25) is 0 Å². The maximum Gasteiger partial charge on any atom is 0.195 e. The fourth-order valence-electron chi connectivity index (χ4n) is 3.56. The van der Waals surface area contributed by atoms with Crippen molar-refractivity contribution in [3.8, 4) is 11.5 Å². The summed E-state index contributed by atoms with van der Waals surface area (Å²) in [7, 11) is 1.80. The Balaban J connectivity index is 0.00000261. The highest BCUT2D eigenvalue weighted by Gasteiger charge is 2.15. The Bertz CT molecular complexity index is 612. The number of rotatable bonds is 5. The number of benzene rings is 1. The molecular weight excluding hydrogens is 455 g/mol. The van der Waals surface area contributed by atoms with Crippen LogP contribution in [0.4, 0.5) is 5.69 Å². The molecule has 0 spiro atoms. The van der Waals surface area contributed by atoms with Crippen molar-refractivity contribution in [1.82, 2.24) is 10.2 Å². The topological polar surface area (TPSA) is 58.1 Å². The van der Waals surface area contributed by atoms with Crippen LogP contribution in [0.3, 0.4) is 0 Å². The highest BCUT2D eigenvalue weighted by molar-refractivity contribution is 14.0. The SMILES string of the molecule is CN=C(NCCCN1CCCC(C)C1)Nc1ccc2c(c1)OCCCO2.I. The molecule has 6 nitrogen and oxygen atoms in total. The van der Waals surface area contributed by atoms with Crippen molar-refractivity contribution >= 4 is 35.6 Å². The molecule has 0 bridgehead atoms. The van der Waals surface area contributed by atoms with Crippen molar-refractivity contribution in [1.29, 1.82) is 0 Å². The lowest BCUT2D eigenvalue weighted by atomic mass is 10.0. The number of piperidine rings is 1. The van der Waals surface area contributed by atoms with E-state index in [1.165, 1.54) is 25.9 Å². The lowest BCUT2D eigenvalue weighted by Gasteiger charge is -2.30. The molecular formula is C20H33IN4O2. The maximum atomic E-state index is 5.75. The van der Waals surface area contributed by atoms with Crippen molar-refractivity contribution in [2.75, 3.05) is 51.8 Å². The van der Waals surface area contributed by atoms with Gasteiger partial charge >= 0.3 is 0 Å². The summed E-state index contributed by atoms with van der Waals surface area (Å²) in [5.41, 5.74) is 0.951. The minimum Gasteiger partial charge on any atom is -0.490 e. The summed E-state index contributed by atoms with van der Waals surface area (Å²) in [6.07, 6.45) is 4.74. The summed E-state index contributed by atoms with van der Waals surface area (Å²) in [5.74, 6) is 3.23. The highest BCUT2D eigenvalue weighted by atomic mass is 127. The zero-order valence-electron chi connectivity index (χ0n) is 16.5. The normalized spacial score (nSPS) is 20.4. The second-order valence-corrected chi connectivity index (χ2v) is 7.24. The molecule has 2 aliphatic rings. The predicted molar refractivity (Wildman–Crippen MR) is 122 cm³/mol. The van der Waals surface area contributed by atoms with Gasteiger partial charge in [0, 0.05) is 38.3 Å². The van der Waals surface area contributed by atoms with E-state index >= 15 is 0 Å². The number of hydrogen-bond acceptors (Lipinski definition) is 4. The molecule has 1 aromatic carbocycles. The number of guanidine groups is 1. The molecule has 1 saturated heterocycles. The Kier molecular flexibility index (Phi) is 9.47. The predicted octanol–water partition coefficient (Wildman–Crippen LogP) is 3.58. The van der Waals surface area contributed by atoms with Gasteiger partial charge in [0.25, 0.3) is 0 Å². The molecule has 3 rings (SSSR count). The van der Waals surface area contributed by atoms with Crippen LogP contribution in [0.2, 0.25) is 0 Å². The molecule has 2 N–H and O–H groups in total. The van der Waals surface area contributed by atoms with Crippen LogP contribution >= 0.6 is 24.0 Å². The monoisotopic (exact) mass is 488 g/mol. The van der Waals surface area contributed by atoms with E-state index in [1.807, 2.05) is 18.2 Å². The van der Waals surface area contributed by atoms with E-state index in [9.17, 15) is 0 Å². The van der Waals surface area contributed by atoms with E-state index in [2.05, 4.69) is 27.4 Å². The van der Waals surface area contributed by atoms with Crippen molar-refractivity contribution in [3.63, 3.8) is 0 Å². The molecule has 0 aliphatic carbocycles. The van der Waals surface area contributed by atoms with Crippen LogP contribution in [0.15, 0.2) is 23.2 Å². The molecule has 2 aliphatic heterocycles. The number of hydrogen-bond donors (Lipinski definition) is 2. The van der Waals surface area contributed by atoms with Crippen LogP contribution in [-0.4, -0.2) is 57.3 Å². The molecule has 27 heavy (non-hydrogen) atoms. The van der Waals surface area contributed by atoms with Crippen molar-refractivity contribution in [3.05, 3.63) is 18.2 Å². The number of anilines is 1. The third-order valence-corrected chi connectivity index (χ3v) is 4.92. The minimum absolute atomic E-state index is 0. The molecule has 7 heteroatoms. The van der Waals surface area contributed by atoms with E-state index in [0.717, 1.165) is 55.0 Å². The molecule has 0 saturated carbocycles. The molecule has 1 aromatic rings. The van der Waals surface area contributed by atoms with Crippen molar-refractivity contribution in [2.45, 2.75) is 32.6 Å². The van der Waals surface area contributed by atoms with E-state index < -0.39 is 0 Å². The molecule has 2 heterocycles. The maximum absolute atomic E-state index is 5.75. The molecule has 0 aromatic heterocycles. The van der Waals surface area contributed by atoms with Crippen LogP contribution in [0, 0.1) is 5.92 Å². The Morgan fingerprint density at radius 2 is 2.04 bits per heavy atom. The second kappa shape index (κ2) is 11.6. The zero-order chi connectivity index (χ0) is 18.2. The Morgan fingerprint density at radius 1 is 1.22 bits per heavy atom. The summed E-state index contributed by atoms with van der Waals surface area (Å²) in [5, 5.41) is 6.74. The van der Waals surface area contributed by atoms with Crippen molar-refractivity contribution < 1.29 is 9.47 Å². The molecule has 152 valence electrons. The number of nitrogens with zero attached hydrogens (tertiary/aromatic N) is 2. The average molecular weight is 488 g/mol. The van der Waals surface area contributed by atoms with Gasteiger partial charge in [-0.05, 0) is 50.4 Å². The summed E-state index contributed by atoms with van der Waals surface area (Å²) in [6, 6.07) is 5.92. The molecule has 1 fully saturated rings. The number of ether oxygens (including phenoxy) is 2. The van der Waals surface area contributed by atoms with E-state index in [0.29, 0.717) is 13.2 Å². The molecule has 0 amide bonds. The Hall–Kier alpha value is -1.22. The third-order valence-electron chi connectivity index (χ3n) is 4.92. The molecule has 1 unspecified atom stereocenters. The molecule has 0 radical (unpaired) electrons. The lowest BCUT2D eigenvalue weighted by Crippen LogP contribution is -2.37. The summed E-state index contributed by atoms with van der Waals surface area (Å²) >= 11 is 0. The van der Waals surface area contributed by atoms with Gasteiger partial charge in [-0.25, -0.2) is 0 Å². The Morgan fingerprint density at radius 3 is 2.81 bits per heavy atom. The highest BCUT2D eigenvalue weighted by Crippen LogP contribution is 2.32. The second-order valence-electron chi connectivity index (χ2n) is 7.24. The quantitative estimate of drug-likeness (QED) is 0.287. The summed E-state index contributed by atoms with van der Waals surface area (Å²) < 4.78 is 11.4. The number of likely N-dealkylation sites (tertiary alicyclic amines) is 1. The van der Waals surface area contributed by atoms with Crippen LogP contribution in [0.5, 0.6) is 11.5 Å². The van der Waals surface area contributed by atoms with E-state index in [-0.39, 0.29) is 24.0 Å². The smallest absolute Gasteiger partial charge is 0.195 e. The van der Waals surface area contributed by atoms with Crippen LogP contribution in [0.1, 0.15) is 32.6 Å². The van der Waals surface area contributed by atoms with Crippen LogP contribution in [-0.2, 0) is 0 Å². The van der Waals surface area contributed by atoms with Gasteiger partial charge in [0.15, 0.2) is 17.5 Å². The summed E-state index contributed by atoms with van der Waals surface area (Å²) in [4.78, 5) is 6.90. The van der Waals surface area contributed by atoms with Gasteiger partial charge in [-0.3, -0.25) is 4.99 Å². The van der Waals surface area contributed by atoms with Gasteiger partial charge < -0.3 is 25.0 Å². The number of aliphatic imine (C=N–C) groups is 1. The minimum atomic E-state index is 0. The van der Waals surface area contributed by atoms with E-state index in [1.54, 1.807) is 7.05 Å². The van der Waals surface area contributed by atoms with Gasteiger partial charge in [-0.15, -0.1) is 24.0 Å². The first-order valence-corrected chi connectivity index (χ1v) is 9.84. The number of halogens is 1. The first-order chi connectivity index (χ1) is 12.7. The standard InChI is InChI=1S/C20H32N4O2.HI/c1-16-6-3-10-24(15-16)11-4-9-22-20(21-2)23-17-7-8-18-19(14-17)26-13-5-12-25-18;/h7-8,14,16H,3-6,9-13,15H2,1-2H3,(H2,21,22,23);1H. The summed E-state index contributed by atoms with van der Waals surface area (Å²) in [6.45, 7) is 8.30. The first-order valence-electron chi connectivity index (χ1n) is 9.84. The Labute approximate surface area is 180 Å². The largest absolute Gasteiger partial charge is 0.490 e. The van der Waals surface area contributed by atoms with E-state index in [4.69, 9.17) is 9.47 Å². The number of nitrogens with one attached hydrogen (secondary N) is 2. The van der Waals surface area contributed by atoms with Gasteiger partial charge in [-0.1, -0.05) is 6.92 Å². The fourth-order valence-corrected chi connectivity index (χ4v) is 3.56. The molecule has 1 atom stereocenters. The van der Waals surface area contributed by atoms with Gasteiger partial charge in [0.05, 0.1) is 13.2 Å². The van der Waals surface area contributed by atoms with Crippen molar-refractivity contribution in [2.24, 2.45) is 10.9 Å². The van der Waals surface area contributed by atoms with Gasteiger partial charge in [-0.2, -0.15) is 0 Å². The zero-order valence-corrected chi connectivity index (χ0v) is 18.8. The average Bonchev–Trinajstić information content (AvgIpc) is 2.89.